The molecular formula is C22H38ClN3O2. The molecule has 4 rings (SSSR count). The Morgan fingerprint density at radius 2 is 1.21 bits per heavy atom. The summed E-state index contributed by atoms with van der Waals surface area (Å²) in [5, 5.41) is 6.68. The van der Waals surface area contributed by atoms with E-state index in [1.54, 1.807) is 0 Å². The molecule has 0 heterocycles. The van der Waals surface area contributed by atoms with Crippen molar-refractivity contribution in [3.63, 3.8) is 0 Å². The molecule has 0 saturated heterocycles. The van der Waals surface area contributed by atoms with Gasteiger partial charge in [0.05, 0.1) is 0 Å². The van der Waals surface area contributed by atoms with Gasteiger partial charge in [0.25, 0.3) is 0 Å². The van der Waals surface area contributed by atoms with Gasteiger partial charge in [-0.05, 0) is 76.0 Å². The van der Waals surface area contributed by atoms with Gasteiger partial charge in [0.1, 0.15) is 0 Å². The van der Waals surface area contributed by atoms with E-state index in [0.29, 0.717) is 23.9 Å². The summed E-state index contributed by atoms with van der Waals surface area (Å²) < 4.78 is 0. The molecule has 5 nitrogen and oxygen atoms in total. The number of halogens is 1. The summed E-state index contributed by atoms with van der Waals surface area (Å²) in [4.78, 5) is 25.2. The summed E-state index contributed by atoms with van der Waals surface area (Å²) in [5.41, 5.74) is 6.21. The molecule has 2 amide bonds. The van der Waals surface area contributed by atoms with Crippen molar-refractivity contribution in [1.29, 1.82) is 0 Å². The maximum Gasteiger partial charge on any atom is 0.223 e. The molecule has 2 bridgehead atoms. The molecule has 28 heavy (non-hydrogen) atoms. The average Bonchev–Trinajstić information content (AvgIpc) is 3.18. The molecule has 0 aromatic carbocycles. The van der Waals surface area contributed by atoms with Crippen molar-refractivity contribution in [1.82, 2.24) is 10.6 Å². The molecule has 0 spiro atoms. The molecule has 6 heteroatoms. The molecule has 0 aromatic rings. The highest BCUT2D eigenvalue weighted by molar-refractivity contribution is 5.85. The lowest BCUT2D eigenvalue weighted by atomic mass is 9.67. The second kappa shape index (κ2) is 9.80. The van der Waals surface area contributed by atoms with Gasteiger partial charge in [0, 0.05) is 30.0 Å². The number of nitrogens with one attached hydrogen (secondary N) is 2. The largest absolute Gasteiger partial charge is 0.353 e. The first-order chi connectivity index (χ1) is 13.1. The monoisotopic (exact) mass is 411 g/mol. The number of hydrogen-bond donors (Lipinski definition) is 3. The highest BCUT2D eigenvalue weighted by Crippen LogP contribution is 2.40. The summed E-state index contributed by atoms with van der Waals surface area (Å²) in [6.45, 7) is 0. The number of fused-ring (bicyclic) bond motifs is 2. The van der Waals surface area contributed by atoms with Crippen molar-refractivity contribution in [2.24, 2.45) is 29.4 Å². The Bertz CT molecular complexity index is 530. The van der Waals surface area contributed by atoms with Crippen LogP contribution in [0.3, 0.4) is 0 Å². The van der Waals surface area contributed by atoms with Crippen LogP contribution in [0.4, 0.5) is 0 Å². The van der Waals surface area contributed by atoms with Crippen molar-refractivity contribution >= 4 is 24.2 Å². The molecule has 2 unspecified atom stereocenters. The number of hydrogen-bond acceptors (Lipinski definition) is 3. The molecule has 160 valence electrons. The molecule has 4 N–H and O–H groups in total. The molecule has 0 aromatic heterocycles. The van der Waals surface area contributed by atoms with Crippen LogP contribution >= 0.6 is 12.4 Å². The van der Waals surface area contributed by atoms with Gasteiger partial charge in [0.2, 0.25) is 11.8 Å². The summed E-state index contributed by atoms with van der Waals surface area (Å²) in [6, 6.07) is 0.951. The van der Waals surface area contributed by atoms with Crippen LogP contribution in [0.5, 0.6) is 0 Å². The fourth-order valence-electron chi connectivity index (χ4n) is 6.31. The Morgan fingerprint density at radius 1 is 0.679 bits per heavy atom. The van der Waals surface area contributed by atoms with E-state index < -0.39 is 0 Å². The Balaban J connectivity index is 0.00000225. The topological polar surface area (TPSA) is 84.2 Å². The molecule has 4 saturated carbocycles. The fraction of sp³-hybridized carbons (Fsp3) is 0.909. The van der Waals surface area contributed by atoms with Crippen molar-refractivity contribution in [2.45, 2.75) is 102 Å². The minimum Gasteiger partial charge on any atom is -0.353 e. The van der Waals surface area contributed by atoms with Gasteiger partial charge in [-0.2, -0.15) is 0 Å². The fourth-order valence-corrected chi connectivity index (χ4v) is 6.31. The van der Waals surface area contributed by atoms with E-state index in [1.807, 2.05) is 0 Å². The van der Waals surface area contributed by atoms with Crippen LogP contribution in [-0.2, 0) is 9.59 Å². The molecule has 4 aliphatic carbocycles. The lowest BCUT2D eigenvalue weighted by Crippen LogP contribution is -2.55. The number of nitrogens with two attached hydrogens (primary N) is 1. The second-order valence-electron chi connectivity index (χ2n) is 9.76. The van der Waals surface area contributed by atoms with Crippen molar-refractivity contribution in [2.75, 3.05) is 0 Å². The summed E-state index contributed by atoms with van der Waals surface area (Å²) >= 11 is 0. The smallest absolute Gasteiger partial charge is 0.223 e. The predicted octanol–water partition coefficient (Wildman–Crippen LogP) is 3.30. The lowest BCUT2D eigenvalue weighted by Gasteiger charge is -2.45. The third kappa shape index (κ3) is 5.02. The molecule has 2 atom stereocenters. The van der Waals surface area contributed by atoms with Gasteiger partial charge in [0.15, 0.2) is 0 Å². The highest BCUT2D eigenvalue weighted by Gasteiger charge is 2.41. The number of amides is 2. The minimum absolute atomic E-state index is 0. The highest BCUT2D eigenvalue weighted by atomic mass is 35.5. The van der Waals surface area contributed by atoms with Crippen LogP contribution in [0.25, 0.3) is 0 Å². The van der Waals surface area contributed by atoms with E-state index >= 15 is 0 Å². The summed E-state index contributed by atoms with van der Waals surface area (Å²) in [6.07, 6.45) is 14.1. The Kier molecular flexibility index (Phi) is 7.66. The molecule has 0 aliphatic heterocycles. The molecule has 0 radical (unpaired) electrons. The van der Waals surface area contributed by atoms with Crippen molar-refractivity contribution in [3.05, 3.63) is 0 Å². The van der Waals surface area contributed by atoms with Crippen LogP contribution in [0.1, 0.15) is 83.5 Å². The number of rotatable bonds is 4. The normalized spacial score (nSPS) is 38.3. The van der Waals surface area contributed by atoms with Crippen molar-refractivity contribution in [3.8, 4) is 0 Å². The number of carbonyl (C=O) groups excluding carboxylic acids is 2. The Morgan fingerprint density at radius 3 is 1.82 bits per heavy atom. The zero-order valence-electron chi connectivity index (χ0n) is 17.0. The van der Waals surface area contributed by atoms with E-state index in [2.05, 4.69) is 10.6 Å². The quantitative estimate of drug-likeness (QED) is 0.663. The number of carbonyl (C=O) groups is 2. The Labute approximate surface area is 175 Å². The SMILES string of the molecule is Cl.NC1CC2CCCC(C1)C2NC(=O)C1CCC(NC(=O)C2CCCC2)CC1. The third-order valence-corrected chi connectivity index (χ3v) is 7.86. The minimum atomic E-state index is 0. The van der Waals surface area contributed by atoms with Crippen LogP contribution in [0.2, 0.25) is 0 Å². The van der Waals surface area contributed by atoms with E-state index in [4.69, 9.17) is 5.73 Å². The van der Waals surface area contributed by atoms with Crippen LogP contribution in [-0.4, -0.2) is 29.9 Å². The second-order valence-corrected chi connectivity index (χ2v) is 9.76. The van der Waals surface area contributed by atoms with Crippen LogP contribution < -0.4 is 16.4 Å². The molecule has 4 fully saturated rings. The van der Waals surface area contributed by atoms with E-state index in [-0.39, 0.29) is 42.1 Å². The maximum absolute atomic E-state index is 12.9. The van der Waals surface area contributed by atoms with Gasteiger partial charge in [-0.3, -0.25) is 9.59 Å². The first-order valence-corrected chi connectivity index (χ1v) is 11.5. The van der Waals surface area contributed by atoms with Gasteiger partial charge >= 0.3 is 0 Å². The standard InChI is InChI=1S/C22H37N3O2.ClH/c23-18-12-16-6-3-7-17(13-18)20(16)25-22(27)15-8-10-19(11-9-15)24-21(26)14-4-1-2-5-14;/h14-20H,1-13,23H2,(H,24,26)(H,25,27);1H. The molecule has 4 aliphatic rings. The predicted molar refractivity (Wildman–Crippen MR) is 113 cm³/mol. The van der Waals surface area contributed by atoms with Crippen LogP contribution in [0, 0.1) is 23.7 Å². The third-order valence-electron chi connectivity index (χ3n) is 7.86. The molecular weight excluding hydrogens is 374 g/mol. The lowest BCUT2D eigenvalue weighted by molar-refractivity contribution is -0.128. The first-order valence-electron chi connectivity index (χ1n) is 11.5. The maximum atomic E-state index is 12.9. The van der Waals surface area contributed by atoms with Gasteiger partial charge in [-0.25, -0.2) is 0 Å². The zero-order valence-corrected chi connectivity index (χ0v) is 17.9. The van der Waals surface area contributed by atoms with Gasteiger partial charge in [-0.15, -0.1) is 12.4 Å². The summed E-state index contributed by atoms with van der Waals surface area (Å²) in [5.74, 6) is 2.04. The Hall–Kier alpha value is -0.810. The zero-order chi connectivity index (χ0) is 18.8. The van der Waals surface area contributed by atoms with E-state index in [1.165, 1.54) is 32.1 Å². The van der Waals surface area contributed by atoms with Crippen LogP contribution in [0.15, 0.2) is 0 Å². The first kappa shape index (κ1) is 21.9. The van der Waals surface area contributed by atoms with E-state index in [0.717, 1.165) is 51.4 Å². The van der Waals surface area contributed by atoms with Gasteiger partial charge < -0.3 is 16.4 Å². The van der Waals surface area contributed by atoms with Crippen molar-refractivity contribution < 1.29 is 9.59 Å². The van der Waals surface area contributed by atoms with Gasteiger partial charge in [-0.1, -0.05) is 19.3 Å². The summed E-state index contributed by atoms with van der Waals surface area (Å²) in [7, 11) is 0. The van der Waals surface area contributed by atoms with E-state index in [9.17, 15) is 9.59 Å². The average molecular weight is 412 g/mol.